The summed E-state index contributed by atoms with van der Waals surface area (Å²) in [6, 6.07) is 6.92. The van der Waals surface area contributed by atoms with Gasteiger partial charge in [0.25, 0.3) is 5.91 Å². The van der Waals surface area contributed by atoms with E-state index in [4.69, 9.17) is 11.6 Å². The minimum absolute atomic E-state index is 0.195. The number of rotatable bonds is 5. The van der Waals surface area contributed by atoms with Crippen LogP contribution < -0.4 is 5.32 Å². The summed E-state index contributed by atoms with van der Waals surface area (Å²) in [7, 11) is 0. The van der Waals surface area contributed by atoms with Gasteiger partial charge in [-0.25, -0.2) is 0 Å². The molecule has 1 amide bonds. The third-order valence-electron chi connectivity index (χ3n) is 5.05. The molecule has 2 unspecified atom stereocenters. The Kier molecular flexibility index (Phi) is 6.25. The van der Waals surface area contributed by atoms with Gasteiger partial charge in [-0.05, 0) is 50.1 Å². The molecule has 1 aromatic carbocycles. The number of hydrogen-bond acceptors (Lipinski definition) is 3. The van der Waals surface area contributed by atoms with Crippen LogP contribution in [0.4, 0.5) is 13.2 Å². The van der Waals surface area contributed by atoms with Crippen LogP contribution in [0.1, 0.15) is 47.3 Å². The summed E-state index contributed by atoms with van der Waals surface area (Å²) in [5, 5.41) is 2.25. The molecule has 1 aliphatic rings. The van der Waals surface area contributed by atoms with Crippen LogP contribution in [0.2, 0.25) is 5.02 Å². The highest BCUT2D eigenvalue weighted by molar-refractivity contribution is 6.34. The smallest absolute Gasteiger partial charge is 0.344 e. The van der Waals surface area contributed by atoms with Crippen LogP contribution >= 0.6 is 11.6 Å². The van der Waals surface area contributed by atoms with Crippen molar-refractivity contribution in [3.05, 3.63) is 64.4 Å². The van der Waals surface area contributed by atoms with Crippen molar-refractivity contribution in [2.45, 2.75) is 38.0 Å². The maximum absolute atomic E-state index is 13.1. The lowest BCUT2D eigenvalue weighted by Crippen LogP contribution is -2.39. The molecule has 28 heavy (non-hydrogen) atoms. The van der Waals surface area contributed by atoms with Crippen molar-refractivity contribution in [1.82, 2.24) is 15.2 Å². The second kappa shape index (κ2) is 8.49. The summed E-state index contributed by atoms with van der Waals surface area (Å²) in [4.78, 5) is 19.1. The third-order valence-corrected chi connectivity index (χ3v) is 5.46. The number of benzene rings is 1. The van der Waals surface area contributed by atoms with Crippen molar-refractivity contribution in [3.63, 3.8) is 0 Å². The molecule has 1 fully saturated rings. The van der Waals surface area contributed by atoms with Crippen LogP contribution in [-0.2, 0) is 6.18 Å². The van der Waals surface area contributed by atoms with Gasteiger partial charge in [-0.15, -0.1) is 0 Å². The monoisotopic (exact) mass is 411 g/mol. The molecule has 0 bridgehead atoms. The number of nitrogens with zero attached hydrogens (tertiary/aromatic N) is 2. The summed E-state index contributed by atoms with van der Waals surface area (Å²) in [6.07, 6.45) is 0.812. The zero-order valence-electron chi connectivity index (χ0n) is 15.3. The first-order chi connectivity index (χ1) is 13.3. The molecule has 0 saturated carbocycles. The highest BCUT2D eigenvalue weighted by Gasteiger charge is 2.35. The average Bonchev–Trinajstić information content (AvgIpc) is 3.05. The lowest BCUT2D eigenvalue weighted by molar-refractivity contribution is -0.137. The number of amides is 1. The average molecular weight is 412 g/mol. The highest BCUT2D eigenvalue weighted by atomic mass is 35.5. The molecule has 4 nitrogen and oxygen atoms in total. The van der Waals surface area contributed by atoms with Gasteiger partial charge in [0.2, 0.25) is 0 Å². The molecule has 3 rings (SSSR count). The number of carbonyl (C=O) groups is 1. The zero-order valence-corrected chi connectivity index (χ0v) is 16.1. The number of nitrogens with one attached hydrogen (secondary N) is 1. The van der Waals surface area contributed by atoms with E-state index >= 15 is 0 Å². The van der Waals surface area contributed by atoms with Crippen molar-refractivity contribution in [1.29, 1.82) is 0 Å². The molecule has 0 spiro atoms. The van der Waals surface area contributed by atoms with Gasteiger partial charge in [-0.2, -0.15) is 13.2 Å². The maximum atomic E-state index is 13.1. The fourth-order valence-electron chi connectivity index (χ4n) is 3.48. The Morgan fingerprint density at radius 2 is 2.14 bits per heavy atom. The van der Waals surface area contributed by atoms with E-state index in [1.807, 2.05) is 6.07 Å². The minimum Gasteiger partial charge on any atom is -0.344 e. The fraction of sp³-hybridized carbons (Fsp3) is 0.400. The first kappa shape index (κ1) is 20.6. The second-order valence-electron chi connectivity index (χ2n) is 6.96. The van der Waals surface area contributed by atoms with Crippen molar-refractivity contribution in [2.24, 2.45) is 0 Å². The molecule has 1 N–H and O–H groups in total. The number of carbonyl (C=O) groups excluding carboxylic acids is 1. The molecule has 2 heterocycles. The topological polar surface area (TPSA) is 45.2 Å². The van der Waals surface area contributed by atoms with E-state index in [2.05, 4.69) is 22.1 Å². The Morgan fingerprint density at radius 3 is 2.75 bits per heavy atom. The molecule has 8 heteroatoms. The molecular formula is C20H21ClF3N3O. The maximum Gasteiger partial charge on any atom is 0.417 e. The number of likely N-dealkylation sites (tertiary alicyclic amines) is 1. The van der Waals surface area contributed by atoms with Gasteiger partial charge in [0.05, 0.1) is 22.2 Å². The molecule has 1 aliphatic heterocycles. The first-order valence-corrected chi connectivity index (χ1v) is 9.45. The Balaban J connectivity index is 1.85. The van der Waals surface area contributed by atoms with Crippen molar-refractivity contribution >= 4 is 17.5 Å². The van der Waals surface area contributed by atoms with Gasteiger partial charge in [-0.1, -0.05) is 23.7 Å². The quantitative estimate of drug-likeness (QED) is 0.775. The number of alkyl halides is 3. The lowest BCUT2D eigenvalue weighted by Gasteiger charge is -2.28. The van der Waals surface area contributed by atoms with E-state index in [-0.39, 0.29) is 5.56 Å². The first-order valence-electron chi connectivity index (χ1n) is 9.08. The predicted octanol–water partition coefficient (Wildman–Crippen LogP) is 4.71. The fourth-order valence-corrected chi connectivity index (χ4v) is 3.80. The Bertz CT molecular complexity index is 829. The molecular weight excluding hydrogens is 391 g/mol. The molecule has 2 atom stereocenters. The summed E-state index contributed by atoms with van der Waals surface area (Å²) < 4.78 is 39.3. The van der Waals surface area contributed by atoms with E-state index in [0.717, 1.165) is 31.0 Å². The molecule has 150 valence electrons. The van der Waals surface area contributed by atoms with Gasteiger partial charge in [0, 0.05) is 25.0 Å². The van der Waals surface area contributed by atoms with E-state index in [9.17, 15) is 18.0 Å². The normalized spacial score (nSPS) is 18.8. The van der Waals surface area contributed by atoms with Gasteiger partial charge in [0.15, 0.2) is 0 Å². The molecule has 0 aliphatic carbocycles. The minimum atomic E-state index is -4.62. The Morgan fingerprint density at radius 1 is 1.36 bits per heavy atom. The Hall–Kier alpha value is -2.12. The third kappa shape index (κ3) is 4.64. The van der Waals surface area contributed by atoms with Crippen LogP contribution in [0.25, 0.3) is 0 Å². The van der Waals surface area contributed by atoms with Crippen LogP contribution in [-0.4, -0.2) is 34.9 Å². The molecule has 2 aromatic rings. The lowest BCUT2D eigenvalue weighted by atomic mass is 10.1. The number of pyridine rings is 1. The van der Waals surface area contributed by atoms with Gasteiger partial charge in [0.1, 0.15) is 0 Å². The summed E-state index contributed by atoms with van der Waals surface area (Å²) in [5.41, 5.74) is -0.425. The molecule has 0 radical (unpaired) electrons. The van der Waals surface area contributed by atoms with Crippen LogP contribution in [0.15, 0.2) is 42.7 Å². The SMILES string of the molecule is CC1CCCN1CC(NC(=O)c1cccc(C(F)(F)F)c1Cl)c1cccnc1. The number of hydrogen-bond donors (Lipinski definition) is 1. The number of aromatic nitrogens is 1. The highest BCUT2D eigenvalue weighted by Crippen LogP contribution is 2.36. The van der Waals surface area contributed by atoms with Gasteiger partial charge >= 0.3 is 6.18 Å². The number of halogens is 4. The van der Waals surface area contributed by atoms with Gasteiger partial charge < -0.3 is 5.32 Å². The molecule has 1 saturated heterocycles. The molecule has 1 aromatic heterocycles. The summed E-state index contributed by atoms with van der Waals surface area (Å²) >= 11 is 5.91. The van der Waals surface area contributed by atoms with E-state index in [0.29, 0.717) is 12.6 Å². The predicted molar refractivity (Wildman–Crippen MR) is 101 cm³/mol. The largest absolute Gasteiger partial charge is 0.417 e. The van der Waals surface area contributed by atoms with Crippen LogP contribution in [0.5, 0.6) is 0 Å². The van der Waals surface area contributed by atoms with Crippen LogP contribution in [0, 0.1) is 0 Å². The second-order valence-corrected chi connectivity index (χ2v) is 7.34. The van der Waals surface area contributed by atoms with Crippen molar-refractivity contribution in [3.8, 4) is 0 Å². The van der Waals surface area contributed by atoms with Crippen molar-refractivity contribution < 1.29 is 18.0 Å². The van der Waals surface area contributed by atoms with E-state index in [1.54, 1.807) is 18.5 Å². The summed E-state index contributed by atoms with van der Waals surface area (Å²) in [5.74, 6) is -0.642. The van der Waals surface area contributed by atoms with Crippen LogP contribution in [0.3, 0.4) is 0 Å². The van der Waals surface area contributed by atoms with E-state index in [1.165, 1.54) is 12.1 Å². The Labute approximate surface area is 166 Å². The zero-order chi connectivity index (χ0) is 20.3. The standard InChI is InChI=1S/C20H21ClF3N3O/c1-13-5-4-10-27(13)12-17(14-6-3-9-25-11-14)26-19(28)15-7-2-8-16(18(15)21)20(22,23)24/h2-3,6-9,11,13,17H,4-5,10,12H2,1H3,(H,26,28). The summed E-state index contributed by atoms with van der Waals surface area (Å²) in [6.45, 7) is 3.59. The van der Waals surface area contributed by atoms with Crippen molar-refractivity contribution in [2.75, 3.05) is 13.1 Å². The van der Waals surface area contributed by atoms with E-state index < -0.39 is 28.7 Å². The van der Waals surface area contributed by atoms with Gasteiger partial charge in [-0.3, -0.25) is 14.7 Å².